The standard InChI is InChI=1S/C15H30/c1-7-12(4)14(6)10-11-15(9-3)13(5)8-2/h10-15H,7-9H2,1-6H3/b11-10-. The first kappa shape index (κ1) is 14.7. The second-order valence-corrected chi connectivity index (χ2v) is 5.09. The Morgan fingerprint density at radius 1 is 0.733 bits per heavy atom. The largest absolute Gasteiger partial charge is 0.0851 e. The van der Waals surface area contributed by atoms with Gasteiger partial charge in [0.05, 0.1) is 0 Å². The van der Waals surface area contributed by atoms with E-state index in [1.54, 1.807) is 0 Å². The number of allylic oxidation sites excluding steroid dienone is 2. The lowest BCUT2D eigenvalue weighted by atomic mass is 9.86. The van der Waals surface area contributed by atoms with E-state index in [4.69, 9.17) is 0 Å². The lowest BCUT2D eigenvalue weighted by molar-refractivity contribution is 0.397. The maximum Gasteiger partial charge on any atom is -0.0210 e. The highest BCUT2D eigenvalue weighted by Crippen LogP contribution is 2.22. The molecule has 0 heteroatoms. The SMILES string of the molecule is CCC(C)C(C)/C=C\C(CC)C(C)CC. The molecule has 0 amide bonds. The van der Waals surface area contributed by atoms with Gasteiger partial charge in [-0.05, 0) is 30.1 Å². The first-order chi connectivity index (χ1) is 7.06. The van der Waals surface area contributed by atoms with Crippen LogP contribution in [0.2, 0.25) is 0 Å². The number of rotatable bonds is 7. The first-order valence-corrected chi connectivity index (χ1v) is 6.74. The van der Waals surface area contributed by atoms with E-state index < -0.39 is 0 Å². The summed E-state index contributed by atoms with van der Waals surface area (Å²) in [5, 5.41) is 0. The van der Waals surface area contributed by atoms with E-state index in [-0.39, 0.29) is 0 Å². The minimum atomic E-state index is 0.730. The minimum absolute atomic E-state index is 0.730. The van der Waals surface area contributed by atoms with Crippen molar-refractivity contribution in [2.75, 3.05) is 0 Å². The van der Waals surface area contributed by atoms with Crippen LogP contribution in [-0.2, 0) is 0 Å². The maximum absolute atomic E-state index is 2.46. The van der Waals surface area contributed by atoms with Crippen molar-refractivity contribution in [1.29, 1.82) is 0 Å². The van der Waals surface area contributed by atoms with Crippen molar-refractivity contribution in [2.45, 2.75) is 60.8 Å². The summed E-state index contributed by atoms with van der Waals surface area (Å²) in [7, 11) is 0. The molecule has 15 heavy (non-hydrogen) atoms. The van der Waals surface area contributed by atoms with E-state index in [0.29, 0.717) is 0 Å². The molecule has 0 aromatic carbocycles. The Bertz CT molecular complexity index is 169. The quantitative estimate of drug-likeness (QED) is 0.500. The Balaban J connectivity index is 4.21. The summed E-state index contributed by atoms with van der Waals surface area (Å²) in [6.45, 7) is 13.9. The zero-order valence-corrected chi connectivity index (χ0v) is 11.6. The Kier molecular flexibility index (Phi) is 7.82. The van der Waals surface area contributed by atoms with Crippen molar-refractivity contribution in [1.82, 2.24) is 0 Å². The third-order valence-electron chi connectivity index (χ3n) is 4.05. The summed E-state index contributed by atoms with van der Waals surface area (Å²) >= 11 is 0. The molecule has 0 heterocycles. The molecule has 0 aliphatic rings. The maximum atomic E-state index is 2.46. The minimum Gasteiger partial charge on any atom is -0.0851 e. The molecule has 0 bridgehead atoms. The summed E-state index contributed by atoms with van der Waals surface area (Å²) in [5.74, 6) is 3.15. The van der Waals surface area contributed by atoms with Gasteiger partial charge in [0.15, 0.2) is 0 Å². The van der Waals surface area contributed by atoms with Crippen molar-refractivity contribution in [3.63, 3.8) is 0 Å². The Labute approximate surface area is 97.2 Å². The molecule has 0 radical (unpaired) electrons. The predicted octanol–water partition coefficient (Wildman–Crippen LogP) is 5.30. The molecular formula is C15H30. The van der Waals surface area contributed by atoms with Crippen LogP contribution in [0.15, 0.2) is 12.2 Å². The molecule has 0 saturated carbocycles. The van der Waals surface area contributed by atoms with Crippen LogP contribution in [-0.4, -0.2) is 0 Å². The van der Waals surface area contributed by atoms with Crippen molar-refractivity contribution in [2.24, 2.45) is 23.7 Å². The molecule has 0 fully saturated rings. The average Bonchev–Trinajstić information content (AvgIpc) is 2.27. The molecule has 0 aromatic rings. The lowest BCUT2D eigenvalue weighted by Crippen LogP contribution is -2.09. The Morgan fingerprint density at radius 2 is 1.27 bits per heavy atom. The monoisotopic (exact) mass is 210 g/mol. The van der Waals surface area contributed by atoms with E-state index in [1.807, 2.05) is 0 Å². The van der Waals surface area contributed by atoms with E-state index in [1.165, 1.54) is 19.3 Å². The molecule has 0 spiro atoms. The smallest absolute Gasteiger partial charge is 0.0210 e. The predicted molar refractivity (Wildman–Crippen MR) is 71.0 cm³/mol. The summed E-state index contributed by atoms with van der Waals surface area (Å²) in [4.78, 5) is 0. The fourth-order valence-corrected chi connectivity index (χ4v) is 1.91. The normalized spacial score (nSPS) is 20.1. The van der Waals surface area contributed by atoms with Crippen LogP contribution in [0.4, 0.5) is 0 Å². The van der Waals surface area contributed by atoms with Gasteiger partial charge in [-0.1, -0.05) is 66.5 Å². The third kappa shape index (κ3) is 5.39. The highest BCUT2D eigenvalue weighted by molar-refractivity contribution is 4.94. The second kappa shape index (κ2) is 7.96. The van der Waals surface area contributed by atoms with Gasteiger partial charge in [-0.15, -0.1) is 0 Å². The van der Waals surface area contributed by atoms with Gasteiger partial charge in [0.25, 0.3) is 0 Å². The van der Waals surface area contributed by atoms with E-state index >= 15 is 0 Å². The molecule has 4 atom stereocenters. The molecule has 0 rings (SSSR count). The molecule has 0 N–H and O–H groups in total. The van der Waals surface area contributed by atoms with Crippen molar-refractivity contribution in [3.8, 4) is 0 Å². The first-order valence-electron chi connectivity index (χ1n) is 6.74. The fraction of sp³-hybridized carbons (Fsp3) is 0.867. The van der Waals surface area contributed by atoms with Crippen LogP contribution in [0.25, 0.3) is 0 Å². The molecule has 0 saturated heterocycles. The molecule has 0 aliphatic heterocycles. The topological polar surface area (TPSA) is 0 Å². The van der Waals surface area contributed by atoms with Crippen LogP contribution in [0, 0.1) is 23.7 Å². The van der Waals surface area contributed by atoms with Crippen molar-refractivity contribution < 1.29 is 0 Å². The summed E-state index contributed by atoms with van der Waals surface area (Å²) < 4.78 is 0. The number of hydrogen-bond donors (Lipinski definition) is 0. The van der Waals surface area contributed by atoms with Gasteiger partial charge in [-0.25, -0.2) is 0 Å². The van der Waals surface area contributed by atoms with Gasteiger partial charge in [0, 0.05) is 0 Å². The van der Waals surface area contributed by atoms with Gasteiger partial charge in [-0.2, -0.15) is 0 Å². The molecule has 0 nitrogen and oxygen atoms in total. The summed E-state index contributed by atoms with van der Waals surface area (Å²) in [6, 6.07) is 0. The zero-order valence-electron chi connectivity index (χ0n) is 11.6. The van der Waals surface area contributed by atoms with E-state index in [0.717, 1.165) is 23.7 Å². The summed E-state index contributed by atoms with van der Waals surface area (Å²) in [5.41, 5.74) is 0. The lowest BCUT2D eigenvalue weighted by Gasteiger charge is -2.19. The van der Waals surface area contributed by atoms with Gasteiger partial charge >= 0.3 is 0 Å². The fourth-order valence-electron chi connectivity index (χ4n) is 1.91. The molecule has 0 aromatic heterocycles. The molecule has 90 valence electrons. The van der Waals surface area contributed by atoms with Crippen molar-refractivity contribution >= 4 is 0 Å². The van der Waals surface area contributed by atoms with Crippen LogP contribution in [0.3, 0.4) is 0 Å². The second-order valence-electron chi connectivity index (χ2n) is 5.09. The highest BCUT2D eigenvalue weighted by atomic mass is 14.2. The van der Waals surface area contributed by atoms with E-state index in [9.17, 15) is 0 Å². The van der Waals surface area contributed by atoms with Crippen LogP contribution >= 0.6 is 0 Å². The Morgan fingerprint density at radius 3 is 1.67 bits per heavy atom. The van der Waals surface area contributed by atoms with Crippen LogP contribution < -0.4 is 0 Å². The average molecular weight is 210 g/mol. The van der Waals surface area contributed by atoms with E-state index in [2.05, 4.69) is 53.7 Å². The van der Waals surface area contributed by atoms with Crippen molar-refractivity contribution in [3.05, 3.63) is 12.2 Å². The molecule has 0 aliphatic carbocycles. The van der Waals surface area contributed by atoms with Crippen LogP contribution in [0.1, 0.15) is 60.8 Å². The summed E-state index contributed by atoms with van der Waals surface area (Å²) in [6.07, 6.45) is 8.75. The molecule has 4 unspecified atom stereocenters. The van der Waals surface area contributed by atoms with Gasteiger partial charge in [0.1, 0.15) is 0 Å². The van der Waals surface area contributed by atoms with Gasteiger partial charge in [-0.3, -0.25) is 0 Å². The zero-order chi connectivity index (χ0) is 11.8. The molecular weight excluding hydrogens is 180 g/mol. The third-order valence-corrected chi connectivity index (χ3v) is 4.05. The van der Waals surface area contributed by atoms with Crippen LogP contribution in [0.5, 0.6) is 0 Å². The van der Waals surface area contributed by atoms with Gasteiger partial charge in [0.2, 0.25) is 0 Å². The van der Waals surface area contributed by atoms with Gasteiger partial charge < -0.3 is 0 Å². The number of hydrogen-bond acceptors (Lipinski definition) is 0. The Hall–Kier alpha value is -0.260. The highest BCUT2D eigenvalue weighted by Gasteiger charge is 2.11.